The van der Waals surface area contributed by atoms with E-state index in [1.165, 1.54) is 7.11 Å². The Hall–Kier alpha value is -2.51. The summed E-state index contributed by atoms with van der Waals surface area (Å²) in [6.07, 6.45) is 2.87. The molecule has 30 heavy (non-hydrogen) atoms. The van der Waals surface area contributed by atoms with Gasteiger partial charge in [0, 0.05) is 24.3 Å². The summed E-state index contributed by atoms with van der Waals surface area (Å²) >= 11 is 1.61. The number of nitrogens with zero attached hydrogens (tertiary/aromatic N) is 1. The molecule has 3 rings (SSSR count). The molecule has 160 valence electrons. The largest absolute Gasteiger partial charge is 0.467 e. The third kappa shape index (κ3) is 5.34. The zero-order chi connectivity index (χ0) is 21.5. The second-order valence-corrected chi connectivity index (χ2v) is 8.30. The van der Waals surface area contributed by atoms with Crippen molar-refractivity contribution in [3.05, 3.63) is 54.1 Å². The van der Waals surface area contributed by atoms with Crippen molar-refractivity contribution >= 4 is 29.3 Å². The smallest absolute Gasteiger partial charge is 0.328 e. The zero-order valence-corrected chi connectivity index (χ0v) is 18.2. The Kier molecular flexibility index (Phi) is 7.76. The van der Waals surface area contributed by atoms with Gasteiger partial charge in [0.2, 0.25) is 0 Å². The van der Waals surface area contributed by atoms with E-state index in [9.17, 15) is 14.7 Å². The second kappa shape index (κ2) is 10.5. The summed E-state index contributed by atoms with van der Waals surface area (Å²) in [6, 6.07) is 14.7. The molecule has 1 saturated heterocycles. The van der Waals surface area contributed by atoms with Crippen molar-refractivity contribution in [1.29, 1.82) is 0 Å². The normalized spacial score (nSPS) is 16.9. The predicted octanol–water partition coefficient (Wildman–Crippen LogP) is 2.95. The molecule has 1 amide bonds. The van der Waals surface area contributed by atoms with Gasteiger partial charge in [0.1, 0.15) is 6.04 Å². The Balaban J connectivity index is 1.92. The van der Waals surface area contributed by atoms with Crippen molar-refractivity contribution in [2.45, 2.75) is 25.0 Å². The molecule has 2 atom stereocenters. The monoisotopic (exact) mass is 428 g/mol. The highest BCUT2D eigenvalue weighted by Crippen LogP contribution is 2.30. The molecule has 2 unspecified atom stereocenters. The van der Waals surface area contributed by atoms with Crippen LogP contribution >= 0.6 is 11.8 Å². The first-order valence-corrected chi connectivity index (χ1v) is 11.4. The van der Waals surface area contributed by atoms with E-state index in [1.54, 1.807) is 17.8 Å². The fraction of sp³-hybridized carbons (Fsp3) is 0.391. The van der Waals surface area contributed by atoms with E-state index >= 15 is 0 Å². The fourth-order valence-electron chi connectivity index (χ4n) is 3.62. The summed E-state index contributed by atoms with van der Waals surface area (Å²) < 4.78 is 4.86. The first-order chi connectivity index (χ1) is 14.5. The molecule has 7 heteroatoms. The van der Waals surface area contributed by atoms with Crippen molar-refractivity contribution in [2.24, 2.45) is 0 Å². The van der Waals surface area contributed by atoms with Crippen LogP contribution in [-0.2, 0) is 9.53 Å². The van der Waals surface area contributed by atoms with Crippen LogP contribution in [0.5, 0.6) is 0 Å². The average molecular weight is 429 g/mol. The lowest BCUT2D eigenvalue weighted by Gasteiger charge is -2.21. The van der Waals surface area contributed by atoms with Gasteiger partial charge in [-0.1, -0.05) is 30.3 Å². The van der Waals surface area contributed by atoms with Crippen LogP contribution in [-0.4, -0.2) is 61.3 Å². The highest BCUT2D eigenvalue weighted by Gasteiger charge is 2.25. The molecular formula is C23H28N2O4S. The molecule has 1 heterocycles. The summed E-state index contributed by atoms with van der Waals surface area (Å²) in [5, 5.41) is 12.7. The van der Waals surface area contributed by atoms with Gasteiger partial charge in [-0.05, 0) is 54.2 Å². The zero-order valence-electron chi connectivity index (χ0n) is 17.3. The Bertz CT molecular complexity index is 875. The number of thioether (sulfide) groups is 1. The summed E-state index contributed by atoms with van der Waals surface area (Å²) in [5.74, 6) is -0.0124. The van der Waals surface area contributed by atoms with E-state index in [4.69, 9.17) is 4.74 Å². The van der Waals surface area contributed by atoms with Crippen LogP contribution in [0, 0.1) is 0 Å². The standard InChI is InChI=1S/C23H28N2O4S/c1-29-23(28)21(11-13-30-2)24-22(27)19-9-8-17(25-12-10-18(26)15-25)14-20(19)16-6-4-3-5-7-16/h3-9,14,18,21,26H,10-13,15H2,1-2H3,(H,24,27). The number of carbonyl (C=O) groups excluding carboxylic acids is 2. The number of aliphatic hydroxyl groups is 1. The number of esters is 1. The van der Waals surface area contributed by atoms with E-state index in [-0.39, 0.29) is 12.0 Å². The third-order valence-electron chi connectivity index (χ3n) is 5.26. The predicted molar refractivity (Wildman–Crippen MR) is 121 cm³/mol. The third-order valence-corrected chi connectivity index (χ3v) is 5.91. The number of benzene rings is 2. The number of carbonyl (C=O) groups is 2. The van der Waals surface area contributed by atoms with Crippen LogP contribution < -0.4 is 10.2 Å². The minimum absolute atomic E-state index is 0.307. The molecule has 0 aromatic heterocycles. The van der Waals surface area contributed by atoms with Crippen LogP contribution in [0.1, 0.15) is 23.2 Å². The Labute approximate surface area is 181 Å². The molecule has 1 aliphatic heterocycles. The highest BCUT2D eigenvalue weighted by atomic mass is 32.2. The van der Waals surface area contributed by atoms with Gasteiger partial charge in [-0.25, -0.2) is 4.79 Å². The summed E-state index contributed by atoms with van der Waals surface area (Å²) in [7, 11) is 1.33. The van der Waals surface area contributed by atoms with E-state index in [0.29, 0.717) is 18.5 Å². The first-order valence-electron chi connectivity index (χ1n) is 10.0. The Morgan fingerprint density at radius 1 is 1.27 bits per heavy atom. The minimum Gasteiger partial charge on any atom is -0.467 e. The minimum atomic E-state index is -0.688. The van der Waals surface area contributed by atoms with E-state index in [0.717, 1.165) is 35.5 Å². The van der Waals surface area contributed by atoms with Gasteiger partial charge >= 0.3 is 5.97 Å². The van der Waals surface area contributed by atoms with Gasteiger partial charge in [0.05, 0.1) is 13.2 Å². The topological polar surface area (TPSA) is 78.9 Å². The second-order valence-electron chi connectivity index (χ2n) is 7.32. The van der Waals surface area contributed by atoms with Crippen molar-refractivity contribution in [3.63, 3.8) is 0 Å². The molecule has 2 aromatic rings. The molecule has 0 bridgehead atoms. The van der Waals surface area contributed by atoms with Crippen LogP contribution in [0.2, 0.25) is 0 Å². The average Bonchev–Trinajstić information content (AvgIpc) is 3.22. The number of rotatable bonds is 8. The van der Waals surface area contributed by atoms with Crippen molar-refractivity contribution in [2.75, 3.05) is 37.1 Å². The lowest BCUT2D eigenvalue weighted by molar-refractivity contribution is -0.142. The lowest BCUT2D eigenvalue weighted by Crippen LogP contribution is -2.42. The SMILES string of the molecule is COC(=O)C(CCSC)NC(=O)c1ccc(N2CCC(O)C2)cc1-c1ccccc1. The van der Waals surface area contributed by atoms with Crippen LogP contribution in [0.4, 0.5) is 5.69 Å². The number of hydrogen-bond donors (Lipinski definition) is 2. The first kappa shape index (κ1) is 22.2. The number of ether oxygens (including phenoxy) is 1. The summed E-state index contributed by atoms with van der Waals surface area (Å²) in [5.41, 5.74) is 3.18. The number of methoxy groups -OCH3 is 1. The fourth-order valence-corrected chi connectivity index (χ4v) is 4.09. The Morgan fingerprint density at radius 2 is 2.03 bits per heavy atom. The number of amides is 1. The molecule has 6 nitrogen and oxygen atoms in total. The molecular weight excluding hydrogens is 400 g/mol. The van der Waals surface area contributed by atoms with Gasteiger partial charge < -0.3 is 20.1 Å². The maximum atomic E-state index is 13.1. The van der Waals surface area contributed by atoms with Crippen molar-refractivity contribution in [1.82, 2.24) is 5.32 Å². The van der Waals surface area contributed by atoms with Crippen molar-refractivity contribution < 1.29 is 19.4 Å². The molecule has 2 aromatic carbocycles. The quantitative estimate of drug-likeness (QED) is 0.630. The van der Waals surface area contributed by atoms with Gasteiger partial charge in [-0.15, -0.1) is 0 Å². The van der Waals surface area contributed by atoms with E-state index in [2.05, 4.69) is 10.2 Å². The van der Waals surface area contributed by atoms with E-state index in [1.807, 2.05) is 48.7 Å². The van der Waals surface area contributed by atoms with Crippen LogP contribution in [0.25, 0.3) is 11.1 Å². The van der Waals surface area contributed by atoms with Gasteiger partial charge in [-0.2, -0.15) is 11.8 Å². The molecule has 0 spiro atoms. The molecule has 0 saturated carbocycles. The van der Waals surface area contributed by atoms with Crippen molar-refractivity contribution in [3.8, 4) is 11.1 Å². The maximum Gasteiger partial charge on any atom is 0.328 e. The summed E-state index contributed by atoms with van der Waals surface area (Å²) in [6.45, 7) is 1.36. The van der Waals surface area contributed by atoms with Crippen LogP contribution in [0.3, 0.4) is 0 Å². The van der Waals surface area contributed by atoms with Gasteiger partial charge in [0.25, 0.3) is 5.91 Å². The lowest BCUT2D eigenvalue weighted by atomic mass is 9.97. The summed E-state index contributed by atoms with van der Waals surface area (Å²) in [4.78, 5) is 27.4. The van der Waals surface area contributed by atoms with Crippen LogP contribution in [0.15, 0.2) is 48.5 Å². The number of aliphatic hydroxyl groups excluding tert-OH is 1. The van der Waals surface area contributed by atoms with E-state index < -0.39 is 12.0 Å². The molecule has 1 fully saturated rings. The number of β-amino-alcohol motifs (C(OH)–C–C–N with tert-alkyl or cyclic N) is 1. The molecule has 2 N–H and O–H groups in total. The molecule has 1 aliphatic rings. The number of anilines is 1. The highest BCUT2D eigenvalue weighted by molar-refractivity contribution is 7.98. The van der Waals surface area contributed by atoms with Gasteiger partial charge in [0.15, 0.2) is 0 Å². The number of nitrogens with one attached hydrogen (secondary N) is 1. The Morgan fingerprint density at radius 3 is 2.67 bits per heavy atom. The number of hydrogen-bond acceptors (Lipinski definition) is 6. The molecule has 0 aliphatic carbocycles. The molecule has 0 radical (unpaired) electrons. The van der Waals surface area contributed by atoms with Gasteiger partial charge in [-0.3, -0.25) is 4.79 Å². The maximum absolute atomic E-state index is 13.1.